The Hall–Kier alpha value is -2.34. The van der Waals surface area contributed by atoms with E-state index in [2.05, 4.69) is 32.2 Å². The van der Waals surface area contributed by atoms with Crippen LogP contribution in [0.3, 0.4) is 0 Å². The SMILES string of the molecule is O=C1CC(N2CCc3ccccc32)NC(=O)N1c1ccc(Br)cc1. The van der Waals surface area contributed by atoms with Crippen molar-refractivity contribution in [3.63, 3.8) is 0 Å². The van der Waals surface area contributed by atoms with Gasteiger partial charge in [0.15, 0.2) is 0 Å². The summed E-state index contributed by atoms with van der Waals surface area (Å²) in [7, 11) is 0. The number of nitrogens with zero attached hydrogens (tertiary/aromatic N) is 2. The zero-order chi connectivity index (χ0) is 16.7. The van der Waals surface area contributed by atoms with Gasteiger partial charge in [-0.3, -0.25) is 4.79 Å². The van der Waals surface area contributed by atoms with Crippen molar-refractivity contribution < 1.29 is 9.59 Å². The molecule has 4 rings (SSSR count). The van der Waals surface area contributed by atoms with Gasteiger partial charge < -0.3 is 10.2 Å². The highest BCUT2D eigenvalue weighted by atomic mass is 79.9. The van der Waals surface area contributed by atoms with E-state index in [1.165, 1.54) is 10.5 Å². The average Bonchev–Trinajstić information content (AvgIpc) is 3.00. The molecule has 2 aliphatic heterocycles. The van der Waals surface area contributed by atoms with Crippen LogP contribution in [0.2, 0.25) is 0 Å². The lowest BCUT2D eigenvalue weighted by Crippen LogP contribution is -2.60. The third kappa shape index (κ3) is 2.57. The number of halogens is 1. The molecule has 0 radical (unpaired) electrons. The topological polar surface area (TPSA) is 52.7 Å². The molecule has 5 nitrogen and oxygen atoms in total. The molecule has 1 fully saturated rings. The number of rotatable bonds is 2. The highest BCUT2D eigenvalue weighted by molar-refractivity contribution is 9.10. The molecule has 122 valence electrons. The quantitative estimate of drug-likeness (QED) is 0.862. The molecule has 0 bridgehead atoms. The van der Waals surface area contributed by atoms with E-state index in [4.69, 9.17) is 0 Å². The maximum absolute atomic E-state index is 12.6. The molecule has 6 heteroatoms. The fourth-order valence-corrected chi connectivity index (χ4v) is 3.62. The van der Waals surface area contributed by atoms with Crippen molar-refractivity contribution in [2.45, 2.75) is 19.0 Å². The third-order valence-corrected chi connectivity index (χ3v) is 5.02. The number of urea groups is 1. The molecule has 3 amide bonds. The Balaban J connectivity index is 1.56. The lowest BCUT2D eigenvalue weighted by atomic mass is 10.1. The van der Waals surface area contributed by atoms with Gasteiger partial charge in [-0.1, -0.05) is 34.1 Å². The standard InChI is InChI=1S/C18H16BrN3O2/c19-13-5-7-14(8-6-13)22-17(23)11-16(20-18(22)24)21-10-9-12-3-1-2-4-15(12)21/h1-8,16H,9-11H2,(H,20,24). The van der Waals surface area contributed by atoms with Gasteiger partial charge in [0.1, 0.15) is 6.17 Å². The van der Waals surface area contributed by atoms with Crippen molar-refractivity contribution in [3.05, 3.63) is 58.6 Å². The van der Waals surface area contributed by atoms with Crippen LogP contribution in [0.1, 0.15) is 12.0 Å². The first-order valence-electron chi connectivity index (χ1n) is 7.87. The van der Waals surface area contributed by atoms with Crippen LogP contribution in [0.5, 0.6) is 0 Å². The van der Waals surface area contributed by atoms with Gasteiger partial charge in [0.25, 0.3) is 0 Å². The molecular formula is C18H16BrN3O2. The van der Waals surface area contributed by atoms with Gasteiger partial charge in [-0.25, -0.2) is 9.69 Å². The van der Waals surface area contributed by atoms with E-state index < -0.39 is 0 Å². The lowest BCUT2D eigenvalue weighted by molar-refractivity contribution is -0.119. The maximum Gasteiger partial charge on any atom is 0.330 e. The van der Waals surface area contributed by atoms with E-state index in [1.807, 2.05) is 30.3 Å². The van der Waals surface area contributed by atoms with Crippen LogP contribution >= 0.6 is 15.9 Å². The first-order chi connectivity index (χ1) is 11.6. The Bertz CT molecular complexity index is 788. The molecule has 2 heterocycles. The number of fused-ring (bicyclic) bond motifs is 1. The smallest absolute Gasteiger partial charge is 0.330 e. The fraction of sp³-hybridized carbons (Fsp3) is 0.222. The number of carbonyl (C=O) groups excluding carboxylic acids is 2. The highest BCUT2D eigenvalue weighted by Crippen LogP contribution is 2.31. The molecule has 1 unspecified atom stereocenters. The molecule has 24 heavy (non-hydrogen) atoms. The van der Waals surface area contributed by atoms with Crippen molar-refractivity contribution >= 4 is 39.2 Å². The van der Waals surface area contributed by atoms with Crippen LogP contribution < -0.4 is 15.1 Å². The number of imide groups is 1. The Morgan fingerprint density at radius 1 is 1.04 bits per heavy atom. The third-order valence-electron chi connectivity index (χ3n) is 4.49. The summed E-state index contributed by atoms with van der Waals surface area (Å²) in [5.41, 5.74) is 2.95. The molecule has 0 spiro atoms. The monoisotopic (exact) mass is 385 g/mol. The maximum atomic E-state index is 12.6. The summed E-state index contributed by atoms with van der Waals surface area (Å²) in [5, 5.41) is 2.97. The van der Waals surface area contributed by atoms with Crippen LogP contribution in [0.15, 0.2) is 53.0 Å². The van der Waals surface area contributed by atoms with Crippen molar-refractivity contribution in [1.29, 1.82) is 0 Å². The van der Waals surface area contributed by atoms with Gasteiger partial charge >= 0.3 is 6.03 Å². The second-order valence-electron chi connectivity index (χ2n) is 5.95. The summed E-state index contributed by atoms with van der Waals surface area (Å²) in [5.74, 6) is -0.185. The van der Waals surface area contributed by atoms with E-state index in [0.29, 0.717) is 5.69 Å². The molecule has 2 aliphatic rings. The van der Waals surface area contributed by atoms with E-state index in [1.54, 1.807) is 12.1 Å². The van der Waals surface area contributed by atoms with Crippen molar-refractivity contribution in [3.8, 4) is 0 Å². The average molecular weight is 386 g/mol. The highest BCUT2D eigenvalue weighted by Gasteiger charge is 2.37. The number of para-hydroxylation sites is 1. The molecule has 0 saturated carbocycles. The zero-order valence-electron chi connectivity index (χ0n) is 12.9. The zero-order valence-corrected chi connectivity index (χ0v) is 14.5. The summed E-state index contributed by atoms with van der Waals surface area (Å²) < 4.78 is 0.905. The summed E-state index contributed by atoms with van der Waals surface area (Å²) in [6.07, 6.45) is 0.906. The molecule has 1 atom stereocenters. The number of benzene rings is 2. The number of nitrogens with one attached hydrogen (secondary N) is 1. The van der Waals surface area contributed by atoms with E-state index >= 15 is 0 Å². The Kier molecular flexibility index (Phi) is 3.76. The van der Waals surface area contributed by atoms with E-state index in [9.17, 15) is 9.59 Å². The van der Waals surface area contributed by atoms with Crippen LogP contribution in [0.25, 0.3) is 0 Å². The number of anilines is 2. The molecule has 1 saturated heterocycles. The van der Waals surface area contributed by atoms with E-state index in [-0.39, 0.29) is 24.5 Å². The summed E-state index contributed by atoms with van der Waals surface area (Å²) >= 11 is 3.36. The summed E-state index contributed by atoms with van der Waals surface area (Å²) in [6.45, 7) is 0.815. The van der Waals surface area contributed by atoms with Gasteiger partial charge in [0, 0.05) is 16.7 Å². The molecule has 0 aliphatic carbocycles. The predicted octanol–water partition coefficient (Wildman–Crippen LogP) is 3.28. The summed E-state index contributed by atoms with van der Waals surface area (Å²) in [4.78, 5) is 28.4. The first-order valence-corrected chi connectivity index (χ1v) is 8.66. The van der Waals surface area contributed by atoms with E-state index in [0.717, 1.165) is 23.1 Å². The second kappa shape index (κ2) is 5.94. The normalized spacial score (nSPS) is 20.1. The number of hydrogen-bond donors (Lipinski definition) is 1. The predicted molar refractivity (Wildman–Crippen MR) is 96.1 cm³/mol. The van der Waals surface area contributed by atoms with Gasteiger partial charge in [0.2, 0.25) is 5.91 Å². The Morgan fingerprint density at radius 2 is 1.79 bits per heavy atom. The van der Waals surface area contributed by atoms with Crippen molar-refractivity contribution in [1.82, 2.24) is 5.32 Å². The number of carbonyl (C=O) groups is 2. The Labute approximate surface area is 148 Å². The van der Waals surface area contributed by atoms with Gasteiger partial charge in [-0.2, -0.15) is 0 Å². The first kappa shape index (κ1) is 15.2. The van der Waals surface area contributed by atoms with Crippen molar-refractivity contribution in [2.24, 2.45) is 0 Å². The number of hydrogen-bond acceptors (Lipinski definition) is 3. The number of amides is 3. The van der Waals surface area contributed by atoms with Crippen LogP contribution in [-0.4, -0.2) is 24.6 Å². The minimum Gasteiger partial charge on any atom is -0.350 e. The van der Waals surface area contributed by atoms with Crippen LogP contribution in [0.4, 0.5) is 16.2 Å². The fourth-order valence-electron chi connectivity index (χ4n) is 3.36. The minimum atomic E-state index is -0.372. The lowest BCUT2D eigenvalue weighted by Gasteiger charge is -2.37. The van der Waals surface area contributed by atoms with Crippen LogP contribution in [-0.2, 0) is 11.2 Å². The summed E-state index contributed by atoms with van der Waals surface area (Å²) in [6, 6.07) is 14.9. The van der Waals surface area contributed by atoms with Gasteiger partial charge in [-0.15, -0.1) is 0 Å². The molecule has 0 aromatic heterocycles. The Morgan fingerprint density at radius 3 is 2.54 bits per heavy atom. The van der Waals surface area contributed by atoms with Crippen molar-refractivity contribution in [2.75, 3.05) is 16.3 Å². The van der Waals surface area contributed by atoms with Gasteiger partial charge in [-0.05, 0) is 42.3 Å². The molecule has 1 N–H and O–H groups in total. The minimum absolute atomic E-state index is 0.185. The van der Waals surface area contributed by atoms with Gasteiger partial charge in [0.05, 0.1) is 12.1 Å². The molecular weight excluding hydrogens is 370 g/mol. The largest absolute Gasteiger partial charge is 0.350 e. The van der Waals surface area contributed by atoms with Crippen LogP contribution in [0, 0.1) is 0 Å². The molecule has 2 aromatic carbocycles. The second-order valence-corrected chi connectivity index (χ2v) is 6.86. The molecule has 2 aromatic rings.